The number of hydrogen-bond donors (Lipinski definition) is 3. The second-order valence-corrected chi connectivity index (χ2v) is 0.583. The Balaban J connectivity index is -0.0000000750. The highest BCUT2D eigenvalue weighted by molar-refractivity contribution is 5.64. The zero-order valence-corrected chi connectivity index (χ0v) is 4.16. The standard InChI is InChI=1S/C2H4O3.H2O2.H2O/c1-2(3)5-4;1-2;/h4H,1H3;1-2H;1H2. The van der Waals surface area contributed by atoms with Gasteiger partial charge in [-0.1, -0.05) is 0 Å². The SMILES string of the molecule is CC(=O)OO.O.OO. The van der Waals surface area contributed by atoms with Gasteiger partial charge in [-0.15, -0.1) is 0 Å². The average molecular weight is 128 g/mol. The number of carbonyl (C=O) groups is 1. The van der Waals surface area contributed by atoms with Gasteiger partial charge in [-0.2, -0.15) is 5.26 Å². The third-order valence-corrected chi connectivity index (χ3v) is 0.129. The summed E-state index contributed by atoms with van der Waals surface area (Å²) in [5, 5.41) is 19.3. The van der Waals surface area contributed by atoms with Crippen LogP contribution in [0, 0.1) is 0 Å². The van der Waals surface area contributed by atoms with Crippen molar-refractivity contribution in [1.82, 2.24) is 0 Å². The molecule has 0 aliphatic heterocycles. The van der Waals surface area contributed by atoms with E-state index in [9.17, 15) is 4.79 Å². The summed E-state index contributed by atoms with van der Waals surface area (Å²) in [6.07, 6.45) is 0. The van der Waals surface area contributed by atoms with Crippen LogP contribution in [-0.4, -0.2) is 27.2 Å². The Kier molecular flexibility index (Phi) is 31.8. The Bertz CT molecular complexity index is 41.8. The second-order valence-electron chi connectivity index (χ2n) is 0.583. The monoisotopic (exact) mass is 128 g/mol. The van der Waals surface area contributed by atoms with Crippen LogP contribution in [0.3, 0.4) is 0 Å². The highest BCUT2D eigenvalue weighted by Crippen LogP contribution is 1.59. The summed E-state index contributed by atoms with van der Waals surface area (Å²) in [6, 6.07) is 0. The maximum atomic E-state index is 9.34. The van der Waals surface area contributed by atoms with E-state index in [4.69, 9.17) is 15.8 Å². The zero-order valence-electron chi connectivity index (χ0n) is 4.16. The molecule has 0 radical (unpaired) electrons. The van der Waals surface area contributed by atoms with E-state index < -0.39 is 5.97 Å². The Morgan fingerprint density at radius 1 is 1.50 bits per heavy atom. The molecule has 0 aliphatic rings. The van der Waals surface area contributed by atoms with Crippen LogP contribution in [0.2, 0.25) is 0 Å². The van der Waals surface area contributed by atoms with Crippen molar-refractivity contribution in [2.24, 2.45) is 0 Å². The third-order valence-electron chi connectivity index (χ3n) is 0.129. The predicted octanol–water partition coefficient (Wildman–Crippen LogP) is -0.785. The van der Waals surface area contributed by atoms with E-state index >= 15 is 0 Å². The minimum Gasteiger partial charge on any atom is -0.412 e. The van der Waals surface area contributed by atoms with E-state index in [2.05, 4.69) is 4.89 Å². The van der Waals surface area contributed by atoms with E-state index in [1.807, 2.05) is 0 Å². The lowest BCUT2D eigenvalue weighted by molar-refractivity contribution is -0.231. The van der Waals surface area contributed by atoms with Crippen LogP contribution < -0.4 is 0 Å². The van der Waals surface area contributed by atoms with E-state index in [1.54, 1.807) is 0 Å². The molecule has 0 aromatic rings. The van der Waals surface area contributed by atoms with Crippen molar-refractivity contribution >= 4 is 5.97 Å². The molecule has 0 fully saturated rings. The molecule has 0 saturated carbocycles. The number of carbonyl (C=O) groups excluding carboxylic acids is 1. The molecule has 0 aromatic carbocycles. The van der Waals surface area contributed by atoms with Crippen LogP contribution in [0.4, 0.5) is 0 Å². The molecule has 0 bridgehead atoms. The maximum absolute atomic E-state index is 9.34. The molecule has 0 spiro atoms. The first-order valence-corrected chi connectivity index (χ1v) is 1.29. The van der Waals surface area contributed by atoms with E-state index in [1.165, 1.54) is 0 Å². The van der Waals surface area contributed by atoms with Crippen molar-refractivity contribution in [3.63, 3.8) is 0 Å². The normalized spacial score (nSPS) is 5.00. The van der Waals surface area contributed by atoms with Crippen LogP contribution in [-0.2, 0) is 9.68 Å². The van der Waals surface area contributed by atoms with Crippen molar-refractivity contribution in [2.75, 3.05) is 0 Å². The van der Waals surface area contributed by atoms with Gasteiger partial charge in [0.05, 0.1) is 0 Å². The molecule has 0 unspecified atom stereocenters. The van der Waals surface area contributed by atoms with Gasteiger partial charge in [0.1, 0.15) is 0 Å². The van der Waals surface area contributed by atoms with Crippen molar-refractivity contribution < 1.29 is 30.9 Å². The summed E-state index contributed by atoms with van der Waals surface area (Å²) >= 11 is 0. The van der Waals surface area contributed by atoms with E-state index in [0.717, 1.165) is 6.92 Å². The first-order chi connectivity index (χ1) is 3.27. The van der Waals surface area contributed by atoms with Gasteiger partial charge in [0.25, 0.3) is 0 Å². The van der Waals surface area contributed by atoms with Crippen molar-refractivity contribution in [1.29, 1.82) is 0 Å². The van der Waals surface area contributed by atoms with Crippen LogP contribution >= 0.6 is 0 Å². The van der Waals surface area contributed by atoms with Gasteiger partial charge in [-0.25, -0.2) is 4.79 Å². The lowest BCUT2D eigenvalue weighted by Crippen LogP contribution is -1.89. The lowest BCUT2D eigenvalue weighted by Gasteiger charge is -1.76. The summed E-state index contributed by atoms with van der Waals surface area (Å²) in [6.45, 7) is 1.11. The molecule has 0 rings (SSSR count). The Morgan fingerprint density at radius 3 is 1.62 bits per heavy atom. The molecule has 6 heteroatoms. The largest absolute Gasteiger partial charge is 0.412 e. The Labute approximate surface area is 45.1 Å². The maximum Gasteiger partial charge on any atom is 0.339 e. The molecule has 0 atom stereocenters. The molecule has 5 N–H and O–H groups in total. The molecular weight excluding hydrogens is 120 g/mol. The Hall–Kier alpha value is -0.690. The van der Waals surface area contributed by atoms with E-state index in [-0.39, 0.29) is 5.48 Å². The van der Waals surface area contributed by atoms with Gasteiger partial charge in [0.15, 0.2) is 0 Å². The minimum absolute atomic E-state index is 0. The summed E-state index contributed by atoms with van der Waals surface area (Å²) in [4.78, 5) is 12.5. The predicted molar refractivity (Wildman–Crippen MR) is 23.3 cm³/mol. The second kappa shape index (κ2) is 16.2. The fourth-order valence-electron chi connectivity index (χ4n) is 0. The van der Waals surface area contributed by atoms with Gasteiger partial charge >= 0.3 is 5.97 Å². The first kappa shape index (κ1) is 15.7. The van der Waals surface area contributed by atoms with Crippen molar-refractivity contribution in [2.45, 2.75) is 6.92 Å². The smallest absolute Gasteiger partial charge is 0.339 e. The topological polar surface area (TPSA) is 118 Å². The third kappa shape index (κ3) is 57.5. The molecule has 8 heavy (non-hydrogen) atoms. The van der Waals surface area contributed by atoms with Crippen molar-refractivity contribution in [3.05, 3.63) is 0 Å². The van der Waals surface area contributed by atoms with Gasteiger partial charge in [-0.05, 0) is 0 Å². The van der Waals surface area contributed by atoms with E-state index in [0.29, 0.717) is 0 Å². The van der Waals surface area contributed by atoms with Gasteiger partial charge in [0, 0.05) is 6.92 Å². The number of hydrogen-bond acceptors (Lipinski definition) is 5. The fourth-order valence-corrected chi connectivity index (χ4v) is 0. The summed E-state index contributed by atoms with van der Waals surface area (Å²) in [7, 11) is 0. The molecule has 0 heterocycles. The van der Waals surface area contributed by atoms with Gasteiger partial charge in [0.2, 0.25) is 0 Å². The Morgan fingerprint density at radius 2 is 1.62 bits per heavy atom. The minimum atomic E-state index is -0.690. The fraction of sp³-hybridized carbons (Fsp3) is 0.500. The molecular formula is C2H8O6. The van der Waals surface area contributed by atoms with Crippen LogP contribution in [0.5, 0.6) is 0 Å². The van der Waals surface area contributed by atoms with Gasteiger partial charge < -0.3 is 10.4 Å². The lowest BCUT2D eigenvalue weighted by atomic mass is 10.9. The van der Waals surface area contributed by atoms with Crippen LogP contribution in [0.25, 0.3) is 0 Å². The molecule has 0 amide bonds. The summed E-state index contributed by atoms with van der Waals surface area (Å²) < 4.78 is 0. The zero-order chi connectivity index (χ0) is 6.28. The van der Waals surface area contributed by atoms with Crippen molar-refractivity contribution in [3.8, 4) is 0 Å². The molecule has 6 nitrogen and oxygen atoms in total. The highest BCUT2D eigenvalue weighted by Gasteiger charge is 1.79. The molecule has 0 aliphatic carbocycles. The van der Waals surface area contributed by atoms with Crippen LogP contribution in [0.15, 0.2) is 0 Å². The number of rotatable bonds is 0. The quantitative estimate of drug-likeness (QED) is 0.292. The van der Waals surface area contributed by atoms with Crippen LogP contribution in [0.1, 0.15) is 6.92 Å². The summed E-state index contributed by atoms with van der Waals surface area (Å²) in [5.74, 6) is -0.690. The molecule has 0 aromatic heterocycles. The first-order valence-electron chi connectivity index (χ1n) is 1.29. The summed E-state index contributed by atoms with van der Waals surface area (Å²) in [5.41, 5.74) is 0. The molecule has 0 saturated heterocycles. The van der Waals surface area contributed by atoms with Gasteiger partial charge in [-0.3, -0.25) is 10.5 Å². The molecule has 52 valence electrons. The average Bonchev–Trinajstić information content (AvgIpc) is 1.73. The highest BCUT2D eigenvalue weighted by atomic mass is 17.1.